The van der Waals surface area contributed by atoms with E-state index in [-0.39, 0.29) is 0 Å². The van der Waals surface area contributed by atoms with Gasteiger partial charge in [-0.15, -0.1) is 11.3 Å². The Kier molecular flexibility index (Phi) is 4.70. The summed E-state index contributed by atoms with van der Waals surface area (Å²) in [5.74, 6) is 0. The fourth-order valence-electron chi connectivity index (χ4n) is 2.45. The molecule has 0 bridgehead atoms. The molecule has 0 amide bonds. The van der Waals surface area contributed by atoms with Gasteiger partial charge in [0.1, 0.15) is 0 Å². The Morgan fingerprint density at radius 3 is 2.50 bits per heavy atom. The highest BCUT2D eigenvalue weighted by atomic mass is 35.5. The first-order valence-corrected chi connectivity index (χ1v) is 7.87. The van der Waals surface area contributed by atoms with Gasteiger partial charge in [0.25, 0.3) is 0 Å². The number of piperidine rings is 1. The largest absolute Gasteiger partial charge is 0.309 e. The van der Waals surface area contributed by atoms with Crippen LogP contribution in [-0.4, -0.2) is 29.6 Å². The van der Waals surface area contributed by atoms with Crippen LogP contribution in [0.4, 0.5) is 0 Å². The van der Waals surface area contributed by atoms with Crippen LogP contribution in [-0.2, 0) is 6.54 Å². The lowest BCUT2D eigenvalue weighted by Crippen LogP contribution is -2.49. The first kappa shape index (κ1) is 14.3. The van der Waals surface area contributed by atoms with Gasteiger partial charge in [-0.1, -0.05) is 11.6 Å². The van der Waals surface area contributed by atoms with E-state index < -0.39 is 0 Å². The predicted molar refractivity (Wildman–Crippen MR) is 80.5 cm³/mol. The second kappa shape index (κ2) is 5.91. The maximum atomic E-state index is 5.94. The zero-order chi connectivity index (χ0) is 13.2. The maximum absolute atomic E-state index is 5.94. The summed E-state index contributed by atoms with van der Waals surface area (Å²) in [5.41, 5.74) is 0.312. The van der Waals surface area contributed by atoms with E-state index in [1.54, 1.807) is 11.3 Å². The molecule has 0 unspecified atom stereocenters. The summed E-state index contributed by atoms with van der Waals surface area (Å²) in [7, 11) is 0. The molecule has 1 aliphatic rings. The average Bonchev–Trinajstić information content (AvgIpc) is 2.72. The molecule has 2 nitrogen and oxygen atoms in total. The van der Waals surface area contributed by atoms with E-state index in [0.29, 0.717) is 11.6 Å². The Hall–Kier alpha value is -0.0900. The van der Waals surface area contributed by atoms with Crippen LogP contribution in [0.25, 0.3) is 0 Å². The molecule has 18 heavy (non-hydrogen) atoms. The highest BCUT2D eigenvalue weighted by molar-refractivity contribution is 7.16. The van der Waals surface area contributed by atoms with E-state index >= 15 is 0 Å². The van der Waals surface area contributed by atoms with E-state index in [1.165, 1.54) is 30.8 Å². The van der Waals surface area contributed by atoms with E-state index in [1.807, 2.05) is 6.07 Å². The lowest BCUT2D eigenvalue weighted by atomic mass is 9.98. The monoisotopic (exact) mass is 286 g/mol. The number of hydrogen-bond donors (Lipinski definition) is 1. The smallest absolute Gasteiger partial charge is 0.0931 e. The average molecular weight is 287 g/mol. The number of nitrogens with zero attached hydrogens (tertiary/aromatic N) is 1. The Labute approximate surface area is 119 Å². The van der Waals surface area contributed by atoms with Crippen molar-refractivity contribution in [3.63, 3.8) is 0 Å². The van der Waals surface area contributed by atoms with Gasteiger partial charge in [0.05, 0.1) is 4.34 Å². The van der Waals surface area contributed by atoms with Crippen molar-refractivity contribution < 1.29 is 0 Å². The van der Waals surface area contributed by atoms with E-state index in [2.05, 4.69) is 37.1 Å². The minimum atomic E-state index is 0.312. The zero-order valence-electron chi connectivity index (χ0n) is 11.5. The number of nitrogens with one attached hydrogen (secondary N) is 1. The Morgan fingerprint density at radius 2 is 2.00 bits per heavy atom. The zero-order valence-corrected chi connectivity index (χ0v) is 13.1. The van der Waals surface area contributed by atoms with Gasteiger partial charge in [-0.25, -0.2) is 0 Å². The lowest BCUT2D eigenvalue weighted by Gasteiger charge is -2.41. The normalized spacial score (nSPS) is 19.3. The molecule has 0 aromatic carbocycles. The Bertz CT molecular complexity index is 375. The maximum Gasteiger partial charge on any atom is 0.0931 e. The van der Waals surface area contributed by atoms with Gasteiger partial charge < -0.3 is 5.32 Å². The minimum Gasteiger partial charge on any atom is -0.309 e. The van der Waals surface area contributed by atoms with Gasteiger partial charge in [0.2, 0.25) is 0 Å². The third kappa shape index (κ3) is 3.95. The van der Waals surface area contributed by atoms with Gasteiger partial charge >= 0.3 is 0 Å². The number of halogens is 1. The summed E-state index contributed by atoms with van der Waals surface area (Å²) in [6.07, 6.45) is 2.49. The summed E-state index contributed by atoms with van der Waals surface area (Å²) in [6.45, 7) is 10.3. The molecule has 0 spiro atoms. The highest BCUT2D eigenvalue weighted by Gasteiger charge is 2.26. The molecule has 0 atom stereocenters. The summed E-state index contributed by atoms with van der Waals surface area (Å²) in [6, 6.07) is 4.75. The molecule has 0 radical (unpaired) electrons. The van der Waals surface area contributed by atoms with Crippen LogP contribution >= 0.6 is 22.9 Å². The van der Waals surface area contributed by atoms with Crippen molar-refractivity contribution in [1.82, 2.24) is 10.2 Å². The summed E-state index contributed by atoms with van der Waals surface area (Å²) < 4.78 is 0.884. The number of rotatable bonds is 3. The molecule has 4 heteroatoms. The van der Waals surface area contributed by atoms with Crippen molar-refractivity contribution >= 4 is 22.9 Å². The fraction of sp³-hybridized carbons (Fsp3) is 0.714. The van der Waals surface area contributed by atoms with Crippen LogP contribution in [0.3, 0.4) is 0 Å². The molecular formula is C14H23ClN2S. The fourth-order valence-corrected chi connectivity index (χ4v) is 3.48. The SMILES string of the molecule is CC(C)(C)N1CCC(NCc2ccc(Cl)s2)CC1. The van der Waals surface area contributed by atoms with E-state index in [9.17, 15) is 0 Å². The van der Waals surface area contributed by atoms with E-state index in [0.717, 1.165) is 10.9 Å². The molecule has 1 fully saturated rings. The molecular weight excluding hydrogens is 264 g/mol. The molecule has 2 heterocycles. The first-order chi connectivity index (χ1) is 8.45. The number of likely N-dealkylation sites (tertiary alicyclic amines) is 1. The predicted octanol–water partition coefficient (Wildman–Crippen LogP) is 3.75. The van der Waals surface area contributed by atoms with E-state index in [4.69, 9.17) is 11.6 Å². The van der Waals surface area contributed by atoms with Crippen LogP contribution in [0.2, 0.25) is 4.34 Å². The van der Waals surface area contributed by atoms with Gasteiger partial charge in [-0.2, -0.15) is 0 Å². The van der Waals surface area contributed by atoms with Crippen molar-refractivity contribution in [2.75, 3.05) is 13.1 Å². The highest BCUT2D eigenvalue weighted by Crippen LogP contribution is 2.23. The lowest BCUT2D eigenvalue weighted by molar-refractivity contribution is 0.0961. The standard InChI is InChI=1S/C14H23ClN2S/c1-14(2,3)17-8-6-11(7-9-17)16-10-12-4-5-13(15)18-12/h4-5,11,16H,6-10H2,1-3H3. The second-order valence-corrected chi connectivity index (χ2v) is 7.82. The molecule has 1 saturated heterocycles. The van der Waals surface area contributed by atoms with Crippen LogP contribution in [0.1, 0.15) is 38.5 Å². The molecule has 0 aliphatic carbocycles. The van der Waals surface area contributed by atoms with Gasteiger partial charge in [-0.05, 0) is 45.7 Å². The molecule has 102 valence electrons. The quantitative estimate of drug-likeness (QED) is 0.910. The molecule has 1 aromatic rings. The van der Waals surface area contributed by atoms with Gasteiger partial charge in [-0.3, -0.25) is 4.90 Å². The van der Waals surface area contributed by atoms with Crippen LogP contribution < -0.4 is 5.32 Å². The van der Waals surface area contributed by atoms with Crippen LogP contribution in [0.5, 0.6) is 0 Å². The summed E-state index contributed by atoms with van der Waals surface area (Å²) in [4.78, 5) is 3.91. The van der Waals surface area contributed by atoms with Crippen molar-refractivity contribution in [1.29, 1.82) is 0 Å². The van der Waals surface area contributed by atoms with Crippen LogP contribution in [0.15, 0.2) is 12.1 Å². The summed E-state index contributed by atoms with van der Waals surface area (Å²) >= 11 is 7.61. The van der Waals surface area contributed by atoms with Gasteiger partial charge in [0, 0.05) is 36.1 Å². The molecule has 1 aliphatic heterocycles. The topological polar surface area (TPSA) is 15.3 Å². The van der Waals surface area contributed by atoms with Gasteiger partial charge in [0.15, 0.2) is 0 Å². The first-order valence-electron chi connectivity index (χ1n) is 6.68. The van der Waals surface area contributed by atoms with Crippen molar-refractivity contribution in [2.45, 2.75) is 51.7 Å². The van der Waals surface area contributed by atoms with Crippen molar-refractivity contribution in [2.24, 2.45) is 0 Å². The van der Waals surface area contributed by atoms with Crippen molar-refractivity contribution in [3.05, 3.63) is 21.3 Å². The second-order valence-electron chi connectivity index (χ2n) is 6.02. The summed E-state index contributed by atoms with van der Waals surface area (Å²) in [5, 5.41) is 3.65. The molecule has 1 aromatic heterocycles. The molecule has 1 N–H and O–H groups in total. The minimum absolute atomic E-state index is 0.312. The molecule has 0 saturated carbocycles. The number of thiophene rings is 1. The Balaban J connectivity index is 1.74. The Morgan fingerprint density at radius 1 is 1.33 bits per heavy atom. The van der Waals surface area contributed by atoms with Crippen LogP contribution in [0, 0.1) is 0 Å². The number of hydrogen-bond acceptors (Lipinski definition) is 3. The molecule has 2 rings (SSSR count). The van der Waals surface area contributed by atoms with Crippen molar-refractivity contribution in [3.8, 4) is 0 Å². The third-order valence-electron chi connectivity index (χ3n) is 3.64. The third-order valence-corrected chi connectivity index (χ3v) is 4.87.